The molecule has 1 saturated carbocycles. The van der Waals surface area contributed by atoms with E-state index in [4.69, 9.17) is 23.2 Å². The molecule has 0 saturated heterocycles. The molecule has 22 heavy (non-hydrogen) atoms. The summed E-state index contributed by atoms with van der Waals surface area (Å²) >= 11 is 12.1. The standard InChI is InChI=1S/C17H17Cl2FN2/c1-10-3-2-4-14(20)16(10)12-7-5-11(6-8-12)13-9-15(18)21-22-17(13)19/h2-4,9,11-12H,5-8H2,1H3. The first-order chi connectivity index (χ1) is 10.6. The predicted octanol–water partition coefficient (Wildman–Crippen LogP) is 5.67. The molecular weight excluding hydrogens is 322 g/mol. The number of benzene rings is 1. The van der Waals surface area contributed by atoms with E-state index in [-0.39, 0.29) is 11.7 Å². The fourth-order valence-corrected chi connectivity index (χ4v) is 3.91. The van der Waals surface area contributed by atoms with Gasteiger partial charge in [-0.15, -0.1) is 10.2 Å². The number of hydrogen-bond donors (Lipinski definition) is 0. The molecular formula is C17H17Cl2FN2. The maximum atomic E-state index is 14.1. The number of aromatic nitrogens is 2. The van der Waals surface area contributed by atoms with Crippen LogP contribution < -0.4 is 0 Å². The van der Waals surface area contributed by atoms with Crippen LogP contribution in [0.15, 0.2) is 24.3 Å². The van der Waals surface area contributed by atoms with Crippen LogP contribution in [0.25, 0.3) is 0 Å². The molecule has 0 bridgehead atoms. The Morgan fingerprint density at radius 1 is 1.05 bits per heavy atom. The summed E-state index contributed by atoms with van der Waals surface area (Å²) in [5.74, 6) is 0.514. The van der Waals surface area contributed by atoms with Crippen LogP contribution in [0.1, 0.15) is 54.2 Å². The SMILES string of the molecule is Cc1cccc(F)c1C1CCC(c2cc(Cl)nnc2Cl)CC1. The van der Waals surface area contributed by atoms with Crippen molar-refractivity contribution in [2.45, 2.75) is 44.4 Å². The molecule has 1 aliphatic carbocycles. The highest BCUT2D eigenvalue weighted by Crippen LogP contribution is 2.43. The quantitative estimate of drug-likeness (QED) is 0.704. The summed E-state index contributed by atoms with van der Waals surface area (Å²) in [6.07, 6.45) is 3.81. The summed E-state index contributed by atoms with van der Waals surface area (Å²) in [5.41, 5.74) is 2.87. The van der Waals surface area contributed by atoms with Crippen LogP contribution in [0.2, 0.25) is 10.3 Å². The first kappa shape index (κ1) is 15.7. The molecule has 0 radical (unpaired) electrons. The van der Waals surface area contributed by atoms with Gasteiger partial charge in [0.2, 0.25) is 0 Å². The molecule has 0 spiro atoms. The highest BCUT2D eigenvalue weighted by molar-refractivity contribution is 6.31. The highest BCUT2D eigenvalue weighted by atomic mass is 35.5. The predicted molar refractivity (Wildman–Crippen MR) is 87.1 cm³/mol. The number of halogens is 3. The lowest BCUT2D eigenvalue weighted by Crippen LogP contribution is -2.15. The minimum absolute atomic E-state index is 0.0879. The van der Waals surface area contributed by atoms with Crippen LogP contribution in [0.5, 0.6) is 0 Å². The van der Waals surface area contributed by atoms with Crippen LogP contribution in [-0.4, -0.2) is 10.2 Å². The number of nitrogens with zero attached hydrogens (tertiary/aromatic N) is 2. The first-order valence-electron chi connectivity index (χ1n) is 7.50. The molecule has 0 unspecified atom stereocenters. The summed E-state index contributed by atoms with van der Waals surface area (Å²) in [6.45, 7) is 1.98. The van der Waals surface area contributed by atoms with E-state index in [1.54, 1.807) is 18.2 Å². The van der Waals surface area contributed by atoms with Gasteiger partial charge in [-0.3, -0.25) is 0 Å². The Bertz CT molecular complexity index is 662. The third-order valence-corrected chi connectivity index (χ3v) is 5.07. The third-order valence-electron chi connectivity index (χ3n) is 4.59. The highest BCUT2D eigenvalue weighted by Gasteiger charge is 2.27. The molecule has 1 fully saturated rings. The Morgan fingerprint density at radius 3 is 2.41 bits per heavy atom. The van der Waals surface area contributed by atoms with Gasteiger partial charge in [-0.25, -0.2) is 4.39 Å². The molecule has 3 rings (SSSR count). The Hall–Kier alpha value is -1.19. The van der Waals surface area contributed by atoms with Gasteiger partial charge in [0, 0.05) is 0 Å². The summed E-state index contributed by atoms with van der Waals surface area (Å²) in [6, 6.07) is 7.10. The summed E-state index contributed by atoms with van der Waals surface area (Å²) in [4.78, 5) is 0. The van der Waals surface area contributed by atoms with Crippen molar-refractivity contribution in [2.75, 3.05) is 0 Å². The number of rotatable bonds is 2. The van der Waals surface area contributed by atoms with Crippen LogP contribution in [-0.2, 0) is 0 Å². The van der Waals surface area contributed by atoms with Gasteiger partial charge in [-0.1, -0.05) is 35.3 Å². The van der Waals surface area contributed by atoms with E-state index in [9.17, 15) is 4.39 Å². The van der Waals surface area contributed by atoms with Gasteiger partial charge in [-0.2, -0.15) is 0 Å². The topological polar surface area (TPSA) is 25.8 Å². The Balaban J connectivity index is 1.77. The molecule has 1 heterocycles. The van der Waals surface area contributed by atoms with Crippen molar-refractivity contribution in [2.24, 2.45) is 0 Å². The fourth-order valence-electron chi connectivity index (χ4n) is 3.51. The van der Waals surface area contributed by atoms with E-state index in [0.29, 0.717) is 16.2 Å². The van der Waals surface area contributed by atoms with Crippen molar-refractivity contribution in [1.29, 1.82) is 0 Å². The monoisotopic (exact) mass is 338 g/mol. The molecule has 116 valence electrons. The molecule has 0 atom stereocenters. The van der Waals surface area contributed by atoms with Gasteiger partial charge in [0.15, 0.2) is 10.3 Å². The Kier molecular flexibility index (Phi) is 4.65. The lowest BCUT2D eigenvalue weighted by atomic mass is 9.75. The Morgan fingerprint density at radius 2 is 1.73 bits per heavy atom. The van der Waals surface area contributed by atoms with Gasteiger partial charge in [0.1, 0.15) is 5.82 Å². The smallest absolute Gasteiger partial charge is 0.155 e. The average Bonchev–Trinajstić information content (AvgIpc) is 2.50. The fraction of sp³-hybridized carbons (Fsp3) is 0.412. The second kappa shape index (κ2) is 6.51. The van der Waals surface area contributed by atoms with E-state index in [2.05, 4.69) is 10.2 Å². The van der Waals surface area contributed by atoms with Gasteiger partial charge >= 0.3 is 0 Å². The summed E-state index contributed by atoms with van der Waals surface area (Å²) < 4.78 is 14.1. The molecule has 0 aliphatic heterocycles. The first-order valence-corrected chi connectivity index (χ1v) is 8.25. The van der Waals surface area contributed by atoms with Crippen LogP contribution in [0.4, 0.5) is 4.39 Å². The number of hydrogen-bond acceptors (Lipinski definition) is 2. The van der Waals surface area contributed by atoms with E-state index in [0.717, 1.165) is 42.4 Å². The lowest BCUT2D eigenvalue weighted by Gasteiger charge is -2.30. The molecule has 2 aromatic rings. The molecule has 1 aromatic heterocycles. The van der Waals surface area contributed by atoms with Crippen molar-refractivity contribution in [3.8, 4) is 0 Å². The van der Waals surface area contributed by atoms with Crippen molar-refractivity contribution in [3.63, 3.8) is 0 Å². The van der Waals surface area contributed by atoms with E-state index < -0.39 is 0 Å². The minimum atomic E-state index is -0.0879. The van der Waals surface area contributed by atoms with Crippen LogP contribution in [0, 0.1) is 12.7 Å². The maximum absolute atomic E-state index is 14.1. The number of aryl methyl sites for hydroxylation is 1. The lowest BCUT2D eigenvalue weighted by molar-refractivity contribution is 0.386. The Labute approximate surface area is 139 Å². The van der Waals surface area contributed by atoms with Crippen molar-refractivity contribution >= 4 is 23.2 Å². The van der Waals surface area contributed by atoms with Crippen molar-refractivity contribution in [1.82, 2.24) is 10.2 Å². The van der Waals surface area contributed by atoms with Gasteiger partial charge in [0.25, 0.3) is 0 Å². The molecule has 1 aliphatic rings. The maximum Gasteiger partial charge on any atom is 0.155 e. The molecule has 2 nitrogen and oxygen atoms in total. The third kappa shape index (κ3) is 3.11. The second-order valence-electron chi connectivity index (χ2n) is 5.93. The average molecular weight is 339 g/mol. The summed E-state index contributed by atoms with van der Waals surface area (Å²) in [7, 11) is 0. The molecule has 0 amide bonds. The summed E-state index contributed by atoms with van der Waals surface area (Å²) in [5, 5.41) is 8.43. The molecule has 0 N–H and O–H groups in total. The van der Waals surface area contributed by atoms with Crippen LogP contribution >= 0.6 is 23.2 Å². The molecule has 1 aromatic carbocycles. The van der Waals surface area contributed by atoms with Crippen LogP contribution in [0.3, 0.4) is 0 Å². The van der Waals surface area contributed by atoms with Gasteiger partial charge < -0.3 is 0 Å². The van der Waals surface area contributed by atoms with Gasteiger partial charge in [0.05, 0.1) is 0 Å². The minimum Gasteiger partial charge on any atom is -0.207 e. The largest absolute Gasteiger partial charge is 0.207 e. The zero-order valence-electron chi connectivity index (χ0n) is 12.3. The van der Waals surface area contributed by atoms with E-state index >= 15 is 0 Å². The van der Waals surface area contributed by atoms with Gasteiger partial charge in [-0.05, 0) is 73.3 Å². The zero-order chi connectivity index (χ0) is 15.7. The molecule has 5 heteroatoms. The van der Waals surface area contributed by atoms with E-state index in [1.165, 1.54) is 0 Å². The zero-order valence-corrected chi connectivity index (χ0v) is 13.8. The van der Waals surface area contributed by atoms with E-state index in [1.807, 2.05) is 13.0 Å². The normalized spacial score (nSPS) is 21.8. The van der Waals surface area contributed by atoms with Crippen molar-refractivity contribution < 1.29 is 4.39 Å². The second-order valence-corrected chi connectivity index (χ2v) is 6.68. The van der Waals surface area contributed by atoms with Crippen molar-refractivity contribution in [3.05, 3.63) is 57.1 Å².